The maximum atomic E-state index is 6.07. The fourth-order valence-corrected chi connectivity index (χ4v) is 2.88. The predicted molar refractivity (Wildman–Crippen MR) is 91.9 cm³/mol. The van der Waals surface area contributed by atoms with Gasteiger partial charge in [-0.05, 0) is 0 Å². The van der Waals surface area contributed by atoms with Crippen LogP contribution in [0, 0.1) is 0 Å². The molecule has 0 spiro atoms. The molecule has 4 rings (SSSR count). The Kier molecular flexibility index (Phi) is 4.59. The number of fused-ring (bicyclic) bond motifs is 2. The van der Waals surface area contributed by atoms with E-state index in [1.54, 1.807) is 24.3 Å². The van der Waals surface area contributed by atoms with Crippen LogP contribution in [0.15, 0.2) is 24.3 Å². The van der Waals surface area contributed by atoms with Crippen molar-refractivity contribution in [2.45, 2.75) is 0 Å². The maximum absolute atomic E-state index is 6.07. The van der Waals surface area contributed by atoms with Gasteiger partial charge in [-0.2, -0.15) is 0 Å². The zero-order chi connectivity index (χ0) is 17.2. The average Bonchev–Trinajstić information content (AvgIpc) is 2.61. The van der Waals surface area contributed by atoms with Gasteiger partial charge in [0.2, 0.25) is 11.5 Å². The highest BCUT2D eigenvalue weighted by Crippen LogP contribution is 2.43. The molecule has 0 unspecified atom stereocenters. The third-order valence-electron chi connectivity index (χ3n) is 3.50. The zero-order valence-corrected chi connectivity index (χ0v) is 14.4. The summed E-state index contributed by atoms with van der Waals surface area (Å²) in [5.74, 6) is 2.77. The van der Waals surface area contributed by atoms with Gasteiger partial charge in [-0.3, -0.25) is 0 Å². The number of rotatable bonds is 4. The highest BCUT2D eigenvalue weighted by atomic mass is 35.5. The van der Waals surface area contributed by atoms with Crippen molar-refractivity contribution < 1.29 is 28.3 Å². The third kappa shape index (κ3) is 3.48. The molecule has 0 saturated carbocycles. The smallest absolute Gasteiger partial charge is 0.523 e. The van der Waals surface area contributed by atoms with Gasteiger partial charge in [0.15, 0.2) is 11.5 Å². The Balaban J connectivity index is 1.50. The van der Waals surface area contributed by atoms with Crippen molar-refractivity contribution >= 4 is 30.9 Å². The van der Waals surface area contributed by atoms with E-state index >= 15 is 0 Å². The number of ether oxygens (including phenoxy) is 4. The summed E-state index contributed by atoms with van der Waals surface area (Å²) < 4.78 is 33.2. The first-order valence-corrected chi connectivity index (χ1v) is 8.29. The average molecular weight is 382 g/mol. The summed E-state index contributed by atoms with van der Waals surface area (Å²) in [4.78, 5) is 0. The highest BCUT2D eigenvalue weighted by molar-refractivity contribution is 6.31. The molecule has 0 aromatic heterocycles. The van der Waals surface area contributed by atoms with Gasteiger partial charge in [-0.1, -0.05) is 23.2 Å². The minimum absolute atomic E-state index is 0.385. The molecule has 2 aliphatic rings. The lowest BCUT2D eigenvalue weighted by molar-refractivity contribution is 0.166. The summed E-state index contributed by atoms with van der Waals surface area (Å²) in [6.45, 7) is 1.77. The molecule has 6 nitrogen and oxygen atoms in total. The second kappa shape index (κ2) is 7.02. The molecule has 9 heteroatoms. The molecule has 0 fully saturated rings. The molecule has 0 aliphatic carbocycles. The van der Waals surface area contributed by atoms with Crippen molar-refractivity contribution in [3.05, 3.63) is 34.3 Å². The fraction of sp³-hybridized carbons (Fsp3) is 0.250. The lowest BCUT2D eigenvalue weighted by Crippen LogP contribution is -2.19. The second-order valence-electron chi connectivity index (χ2n) is 5.19. The summed E-state index contributed by atoms with van der Waals surface area (Å²) in [6.07, 6.45) is 0. The molecule has 129 valence electrons. The van der Waals surface area contributed by atoms with E-state index in [1.165, 1.54) is 0 Å². The van der Waals surface area contributed by atoms with Crippen LogP contribution in [0.25, 0.3) is 0 Å². The minimum atomic E-state index is 0.385. The third-order valence-corrected chi connectivity index (χ3v) is 3.93. The van der Waals surface area contributed by atoms with Gasteiger partial charge in [-0.25, -0.2) is 0 Å². The van der Waals surface area contributed by atoms with E-state index in [-0.39, 0.29) is 0 Å². The molecule has 2 aliphatic heterocycles. The Morgan fingerprint density at radius 2 is 1.12 bits per heavy atom. The predicted octanol–water partition coefficient (Wildman–Crippen LogP) is 3.53. The number of hydrogen-bond donors (Lipinski definition) is 0. The first-order valence-electron chi connectivity index (χ1n) is 7.54. The zero-order valence-electron chi connectivity index (χ0n) is 12.9. The second-order valence-corrected chi connectivity index (χ2v) is 6.06. The molecule has 0 atom stereocenters. The first kappa shape index (κ1) is 16.4. The molecule has 0 saturated heterocycles. The summed E-state index contributed by atoms with van der Waals surface area (Å²) >= 11 is 12.1. The van der Waals surface area contributed by atoms with Crippen LogP contribution in [-0.2, 0) is 0 Å². The SMILES string of the molecule is Clc1cc(O[B]Oc2cc(Cl)cc3c2OCCO3)c2c(c1)OCCO2. The summed E-state index contributed by atoms with van der Waals surface area (Å²) in [6, 6.07) is 6.56. The monoisotopic (exact) mass is 381 g/mol. The standard InChI is InChI=1S/C16H12BCl2O6/c18-9-5-11-15(22-3-1-20-11)13(7-9)24-17-25-14-8-10(19)6-12-16(14)23-4-2-21-12/h5-8H,1-4H2. The highest BCUT2D eigenvalue weighted by Gasteiger charge is 2.22. The van der Waals surface area contributed by atoms with E-state index in [9.17, 15) is 0 Å². The molecule has 25 heavy (non-hydrogen) atoms. The van der Waals surface area contributed by atoms with Crippen LogP contribution in [0.4, 0.5) is 0 Å². The van der Waals surface area contributed by atoms with Gasteiger partial charge in [0, 0.05) is 34.3 Å². The van der Waals surface area contributed by atoms with E-state index in [1.807, 2.05) is 0 Å². The molecule has 0 N–H and O–H groups in total. The lowest BCUT2D eigenvalue weighted by atomic mass is 10.2. The summed E-state index contributed by atoms with van der Waals surface area (Å²) in [5, 5.41) is 0.925. The summed E-state index contributed by atoms with van der Waals surface area (Å²) in [7, 11) is 1.15. The number of benzene rings is 2. The van der Waals surface area contributed by atoms with E-state index in [0.717, 1.165) is 7.69 Å². The Labute approximate surface area is 154 Å². The van der Waals surface area contributed by atoms with Gasteiger partial charge in [0.1, 0.15) is 37.9 Å². The van der Waals surface area contributed by atoms with E-state index < -0.39 is 0 Å². The summed E-state index contributed by atoms with van der Waals surface area (Å²) in [5.41, 5.74) is 0. The normalized spacial score (nSPS) is 14.6. The lowest BCUT2D eigenvalue weighted by Gasteiger charge is -2.22. The van der Waals surface area contributed by atoms with Crippen molar-refractivity contribution in [3.63, 3.8) is 0 Å². The van der Waals surface area contributed by atoms with Crippen LogP contribution in [0.1, 0.15) is 0 Å². The Morgan fingerprint density at radius 3 is 1.60 bits per heavy atom. The van der Waals surface area contributed by atoms with Gasteiger partial charge in [0.05, 0.1) is 0 Å². The van der Waals surface area contributed by atoms with Crippen molar-refractivity contribution in [3.8, 4) is 34.5 Å². The van der Waals surface area contributed by atoms with Crippen molar-refractivity contribution in [1.82, 2.24) is 0 Å². The molecule has 2 aromatic rings. The van der Waals surface area contributed by atoms with Crippen LogP contribution in [0.5, 0.6) is 34.5 Å². The van der Waals surface area contributed by atoms with Crippen molar-refractivity contribution in [2.75, 3.05) is 26.4 Å². The van der Waals surface area contributed by atoms with E-state index in [4.69, 9.17) is 51.5 Å². The quantitative estimate of drug-likeness (QED) is 0.755. The number of halogens is 2. The molecule has 1 radical (unpaired) electrons. The molecular weight excluding hydrogens is 370 g/mol. The van der Waals surface area contributed by atoms with Gasteiger partial charge in [-0.15, -0.1) is 0 Å². The van der Waals surface area contributed by atoms with Gasteiger partial charge in [0.25, 0.3) is 0 Å². The van der Waals surface area contributed by atoms with Crippen LogP contribution >= 0.6 is 23.2 Å². The minimum Gasteiger partial charge on any atom is -0.523 e. The van der Waals surface area contributed by atoms with E-state index in [0.29, 0.717) is 71.0 Å². The molecule has 0 bridgehead atoms. The van der Waals surface area contributed by atoms with Crippen LogP contribution in [0.3, 0.4) is 0 Å². The van der Waals surface area contributed by atoms with Crippen LogP contribution in [0.2, 0.25) is 10.0 Å². The largest absolute Gasteiger partial charge is 0.658 e. The Bertz CT molecular complexity index is 735. The van der Waals surface area contributed by atoms with Gasteiger partial charge < -0.3 is 28.3 Å². The molecule has 2 aromatic carbocycles. The first-order chi connectivity index (χ1) is 12.2. The van der Waals surface area contributed by atoms with Crippen molar-refractivity contribution in [1.29, 1.82) is 0 Å². The van der Waals surface area contributed by atoms with Gasteiger partial charge >= 0.3 is 7.69 Å². The van der Waals surface area contributed by atoms with Crippen LogP contribution < -0.4 is 28.3 Å². The fourth-order valence-electron chi connectivity index (χ4n) is 2.48. The Hall–Kier alpha value is -2.12. The van der Waals surface area contributed by atoms with Crippen molar-refractivity contribution in [2.24, 2.45) is 0 Å². The topological polar surface area (TPSA) is 55.4 Å². The molecule has 2 heterocycles. The van der Waals surface area contributed by atoms with Crippen LogP contribution in [-0.4, -0.2) is 34.1 Å². The Morgan fingerprint density at radius 1 is 0.680 bits per heavy atom. The van der Waals surface area contributed by atoms with E-state index in [2.05, 4.69) is 0 Å². The molecular formula is C16H12BCl2O6. The maximum Gasteiger partial charge on any atom is 0.658 e. The molecule has 0 amide bonds. The number of hydrogen-bond acceptors (Lipinski definition) is 6.